The number of benzene rings is 1. The standard InChI is InChI=1S/C21H24F3N3O6S/c22-11-5-10(6-12(23)16(11)24)13-8-27(26-25-13)17-18(30)14(9-28)33-20(19(17)31)34-15(29)7-21(32)3-1-2-4-21/h5-6,8,14,17-20,28,30-32H,1-4,7,9H2/t14-,17+,18+,19-,20+/m1/s1. The fourth-order valence-electron chi connectivity index (χ4n) is 4.39. The van der Waals surface area contributed by atoms with Gasteiger partial charge in [0.05, 0.1) is 18.4 Å². The Morgan fingerprint density at radius 3 is 2.44 bits per heavy atom. The van der Waals surface area contributed by atoms with Crippen LogP contribution in [0.5, 0.6) is 0 Å². The number of ether oxygens (including phenoxy) is 1. The Hall–Kier alpha value is -2.03. The van der Waals surface area contributed by atoms with Crippen molar-refractivity contribution in [3.05, 3.63) is 35.8 Å². The molecular weight excluding hydrogens is 479 g/mol. The lowest BCUT2D eigenvalue weighted by Crippen LogP contribution is -2.55. The van der Waals surface area contributed by atoms with Gasteiger partial charge in [-0.15, -0.1) is 5.10 Å². The largest absolute Gasteiger partial charge is 0.394 e. The second-order valence-corrected chi connectivity index (χ2v) is 9.79. The van der Waals surface area contributed by atoms with E-state index in [1.165, 1.54) is 6.20 Å². The Kier molecular flexibility index (Phi) is 7.31. The van der Waals surface area contributed by atoms with Gasteiger partial charge < -0.3 is 25.2 Å². The van der Waals surface area contributed by atoms with Gasteiger partial charge in [0.1, 0.15) is 35.5 Å². The normalized spacial score (nSPS) is 28.9. The highest BCUT2D eigenvalue weighted by Crippen LogP contribution is 2.39. The molecule has 1 saturated carbocycles. The number of hydrogen-bond acceptors (Lipinski definition) is 9. The Labute approximate surface area is 196 Å². The maximum atomic E-state index is 13.6. The van der Waals surface area contributed by atoms with Gasteiger partial charge in [-0.3, -0.25) is 4.79 Å². The van der Waals surface area contributed by atoms with Crippen LogP contribution in [0.4, 0.5) is 13.2 Å². The first-order valence-corrected chi connectivity index (χ1v) is 11.6. The second kappa shape index (κ2) is 9.91. The Bertz CT molecular complexity index is 1030. The molecule has 2 fully saturated rings. The molecule has 1 aliphatic heterocycles. The molecule has 2 heterocycles. The number of thioether (sulfide) groups is 1. The molecule has 0 spiro atoms. The van der Waals surface area contributed by atoms with Crippen molar-refractivity contribution in [1.82, 2.24) is 15.0 Å². The number of aromatic nitrogens is 3. The van der Waals surface area contributed by atoms with Crippen LogP contribution in [0, 0.1) is 17.5 Å². The Morgan fingerprint density at radius 1 is 1.18 bits per heavy atom. The highest BCUT2D eigenvalue weighted by Gasteiger charge is 2.47. The number of nitrogens with zero attached hydrogens (tertiary/aromatic N) is 3. The summed E-state index contributed by atoms with van der Waals surface area (Å²) in [6.07, 6.45) is -0.460. The molecule has 5 atom stereocenters. The molecule has 1 aliphatic carbocycles. The summed E-state index contributed by atoms with van der Waals surface area (Å²) in [7, 11) is 0. The average Bonchev–Trinajstić information content (AvgIpc) is 3.43. The third-order valence-electron chi connectivity index (χ3n) is 6.20. The minimum Gasteiger partial charge on any atom is -0.394 e. The smallest absolute Gasteiger partial charge is 0.194 e. The van der Waals surface area contributed by atoms with E-state index in [4.69, 9.17) is 4.74 Å². The van der Waals surface area contributed by atoms with Crippen molar-refractivity contribution >= 4 is 16.9 Å². The van der Waals surface area contributed by atoms with Crippen LogP contribution in [-0.2, 0) is 9.53 Å². The van der Waals surface area contributed by atoms with Crippen molar-refractivity contribution in [2.24, 2.45) is 0 Å². The molecule has 186 valence electrons. The average molecular weight is 503 g/mol. The first-order chi connectivity index (χ1) is 16.1. The fraction of sp³-hybridized carbons (Fsp3) is 0.571. The van der Waals surface area contributed by atoms with Crippen molar-refractivity contribution in [3.8, 4) is 11.3 Å². The predicted molar refractivity (Wildman–Crippen MR) is 113 cm³/mol. The van der Waals surface area contributed by atoms with E-state index in [2.05, 4.69) is 10.3 Å². The second-order valence-electron chi connectivity index (χ2n) is 8.63. The van der Waals surface area contributed by atoms with Crippen LogP contribution < -0.4 is 0 Å². The van der Waals surface area contributed by atoms with Gasteiger partial charge in [-0.1, -0.05) is 29.8 Å². The Balaban J connectivity index is 1.55. The number of carbonyl (C=O) groups is 1. The predicted octanol–water partition coefficient (Wildman–Crippen LogP) is 1.30. The van der Waals surface area contributed by atoms with E-state index in [1.54, 1.807) is 0 Å². The summed E-state index contributed by atoms with van der Waals surface area (Å²) in [4.78, 5) is 12.6. The van der Waals surface area contributed by atoms with Gasteiger partial charge in [0, 0.05) is 12.0 Å². The third-order valence-corrected chi connectivity index (χ3v) is 7.23. The summed E-state index contributed by atoms with van der Waals surface area (Å²) >= 11 is 0.647. The third kappa shape index (κ3) is 4.99. The number of hydrogen-bond donors (Lipinski definition) is 4. The molecule has 4 rings (SSSR count). The van der Waals surface area contributed by atoms with Crippen LogP contribution >= 0.6 is 11.8 Å². The molecule has 1 aromatic heterocycles. The van der Waals surface area contributed by atoms with Crippen LogP contribution in [0.1, 0.15) is 38.1 Å². The SMILES string of the molecule is O=C(CC1(O)CCCC1)S[C@@H]1O[C@H](CO)[C@H](O)[C@H](n2cc(-c3cc(F)c(F)c(F)c3)nn2)[C@H]1O. The summed E-state index contributed by atoms with van der Waals surface area (Å²) in [6, 6.07) is 0.221. The summed E-state index contributed by atoms with van der Waals surface area (Å²) in [5.74, 6) is -4.48. The van der Waals surface area contributed by atoms with E-state index >= 15 is 0 Å². The van der Waals surface area contributed by atoms with Gasteiger partial charge in [0.25, 0.3) is 0 Å². The molecule has 4 N–H and O–H groups in total. The molecule has 2 aromatic rings. The van der Waals surface area contributed by atoms with E-state index in [0.29, 0.717) is 24.6 Å². The van der Waals surface area contributed by atoms with E-state index in [0.717, 1.165) is 29.7 Å². The van der Waals surface area contributed by atoms with Crippen LogP contribution in [0.2, 0.25) is 0 Å². The maximum Gasteiger partial charge on any atom is 0.194 e. The van der Waals surface area contributed by atoms with E-state index in [1.807, 2.05) is 0 Å². The van der Waals surface area contributed by atoms with Crippen LogP contribution in [-0.4, -0.2) is 76.5 Å². The van der Waals surface area contributed by atoms with Gasteiger partial charge in [0.2, 0.25) is 0 Å². The molecule has 34 heavy (non-hydrogen) atoms. The molecule has 1 saturated heterocycles. The summed E-state index contributed by atoms with van der Waals surface area (Å²) < 4.78 is 47.0. The zero-order chi connectivity index (χ0) is 24.6. The lowest BCUT2D eigenvalue weighted by atomic mass is 9.97. The lowest BCUT2D eigenvalue weighted by Gasteiger charge is -2.41. The minimum atomic E-state index is -1.64. The van der Waals surface area contributed by atoms with Crippen LogP contribution in [0.3, 0.4) is 0 Å². The highest BCUT2D eigenvalue weighted by molar-refractivity contribution is 8.14. The molecule has 9 nitrogen and oxygen atoms in total. The molecule has 2 aliphatic rings. The van der Waals surface area contributed by atoms with Gasteiger partial charge in [-0.05, 0) is 25.0 Å². The number of aliphatic hydroxyl groups excluding tert-OH is 3. The van der Waals surface area contributed by atoms with E-state index < -0.39 is 64.6 Å². The number of halogens is 3. The van der Waals surface area contributed by atoms with E-state index in [-0.39, 0.29) is 17.7 Å². The summed E-state index contributed by atoms with van der Waals surface area (Å²) in [5, 5.41) is 48.8. The van der Waals surface area contributed by atoms with Gasteiger partial charge in [0.15, 0.2) is 22.6 Å². The van der Waals surface area contributed by atoms with Crippen LogP contribution in [0.25, 0.3) is 11.3 Å². The van der Waals surface area contributed by atoms with Crippen LogP contribution in [0.15, 0.2) is 18.3 Å². The van der Waals surface area contributed by atoms with Gasteiger partial charge >= 0.3 is 0 Å². The number of carbonyl (C=O) groups excluding carboxylic acids is 1. The quantitative estimate of drug-likeness (QED) is 0.430. The molecular formula is C21H24F3N3O6S. The monoisotopic (exact) mass is 503 g/mol. The zero-order valence-corrected chi connectivity index (χ0v) is 18.7. The first kappa shape index (κ1) is 25.1. The molecule has 13 heteroatoms. The molecule has 1 aromatic carbocycles. The number of aliphatic hydroxyl groups is 4. The van der Waals surface area contributed by atoms with Gasteiger partial charge in [-0.25, -0.2) is 17.9 Å². The van der Waals surface area contributed by atoms with Crippen molar-refractivity contribution in [1.29, 1.82) is 0 Å². The molecule has 0 bridgehead atoms. The first-order valence-electron chi connectivity index (χ1n) is 10.7. The lowest BCUT2D eigenvalue weighted by molar-refractivity contribution is -0.178. The van der Waals surface area contributed by atoms with Crippen molar-refractivity contribution in [3.63, 3.8) is 0 Å². The topological polar surface area (TPSA) is 138 Å². The van der Waals surface area contributed by atoms with E-state index in [9.17, 15) is 38.4 Å². The molecule has 0 radical (unpaired) electrons. The fourth-order valence-corrected chi connectivity index (χ4v) is 5.50. The van der Waals surface area contributed by atoms with Gasteiger partial charge in [-0.2, -0.15) is 0 Å². The zero-order valence-electron chi connectivity index (χ0n) is 17.9. The van der Waals surface area contributed by atoms with Crippen molar-refractivity contribution in [2.75, 3.05) is 6.61 Å². The molecule has 0 amide bonds. The summed E-state index contributed by atoms with van der Waals surface area (Å²) in [6.45, 7) is -0.629. The van der Waals surface area contributed by atoms with Crippen molar-refractivity contribution in [2.45, 2.75) is 67.5 Å². The molecule has 0 unspecified atom stereocenters. The summed E-state index contributed by atoms with van der Waals surface area (Å²) in [5.41, 5.74) is -2.48. The Morgan fingerprint density at radius 2 is 1.82 bits per heavy atom. The van der Waals surface area contributed by atoms with Crippen molar-refractivity contribution < 1.29 is 43.1 Å². The highest BCUT2D eigenvalue weighted by atomic mass is 32.2. The maximum absolute atomic E-state index is 13.6. The minimum absolute atomic E-state index is 0.0621. The number of rotatable bonds is 6.